The van der Waals surface area contributed by atoms with Crippen molar-refractivity contribution in [2.75, 3.05) is 68.6 Å². The molecule has 1 aliphatic rings. The molecule has 0 amide bonds. The lowest BCUT2D eigenvalue weighted by molar-refractivity contribution is 0.152. The van der Waals surface area contributed by atoms with E-state index in [0.717, 1.165) is 33.8 Å². The van der Waals surface area contributed by atoms with Gasteiger partial charge in [0.1, 0.15) is 5.75 Å². The molecule has 0 spiro atoms. The average Bonchev–Trinajstić information content (AvgIpc) is 2.59. The number of halogens is 1. The van der Waals surface area contributed by atoms with Crippen LogP contribution in [0.15, 0.2) is 12.1 Å². The SMILES string of the molecule is COc1cc(N)c(C)cc1N(CI)CCCCN1CCN(C)CC1. The molecular weight excluding hydrogens is 415 g/mol. The smallest absolute Gasteiger partial charge is 0.144 e. The minimum atomic E-state index is 0.791. The van der Waals surface area contributed by atoms with Gasteiger partial charge in [-0.3, -0.25) is 0 Å². The van der Waals surface area contributed by atoms with Crippen molar-refractivity contribution in [2.24, 2.45) is 0 Å². The molecule has 6 heteroatoms. The van der Waals surface area contributed by atoms with Crippen LogP contribution < -0.4 is 15.4 Å². The van der Waals surface area contributed by atoms with Crippen LogP contribution in [-0.2, 0) is 0 Å². The number of hydrogen-bond acceptors (Lipinski definition) is 5. The number of piperazine rings is 1. The number of benzene rings is 1. The van der Waals surface area contributed by atoms with E-state index in [0.29, 0.717) is 0 Å². The van der Waals surface area contributed by atoms with Crippen molar-refractivity contribution >= 4 is 34.0 Å². The van der Waals surface area contributed by atoms with Crippen LogP contribution in [0.1, 0.15) is 18.4 Å². The van der Waals surface area contributed by atoms with Crippen LogP contribution >= 0.6 is 22.6 Å². The molecule has 2 rings (SSSR count). The van der Waals surface area contributed by atoms with Crippen molar-refractivity contribution in [1.82, 2.24) is 9.80 Å². The van der Waals surface area contributed by atoms with Crippen molar-refractivity contribution < 1.29 is 4.74 Å². The molecule has 0 radical (unpaired) electrons. The lowest BCUT2D eigenvalue weighted by Gasteiger charge is -2.32. The number of alkyl halides is 1. The summed E-state index contributed by atoms with van der Waals surface area (Å²) in [5.41, 5.74) is 9.06. The highest BCUT2D eigenvalue weighted by molar-refractivity contribution is 14.1. The highest BCUT2D eigenvalue weighted by atomic mass is 127. The summed E-state index contributed by atoms with van der Waals surface area (Å²) in [5.74, 6) is 0.869. The molecule has 1 aliphatic heterocycles. The van der Waals surface area contributed by atoms with E-state index < -0.39 is 0 Å². The maximum Gasteiger partial charge on any atom is 0.144 e. The predicted octanol–water partition coefficient (Wildman–Crippen LogP) is 2.81. The first-order valence-electron chi connectivity index (χ1n) is 8.71. The molecule has 1 saturated heterocycles. The number of nitrogen functional groups attached to an aromatic ring is 1. The van der Waals surface area contributed by atoms with Gasteiger partial charge in [-0.1, -0.05) is 22.6 Å². The van der Waals surface area contributed by atoms with Crippen molar-refractivity contribution in [3.8, 4) is 5.75 Å². The minimum absolute atomic E-state index is 0.791. The van der Waals surface area contributed by atoms with Crippen molar-refractivity contribution in [1.29, 1.82) is 0 Å². The second kappa shape index (κ2) is 9.68. The number of ether oxygens (including phenoxy) is 1. The Labute approximate surface area is 160 Å². The third-order valence-corrected chi connectivity index (χ3v) is 5.62. The molecule has 1 fully saturated rings. The van der Waals surface area contributed by atoms with Gasteiger partial charge in [-0.25, -0.2) is 0 Å². The Balaban J connectivity index is 1.85. The van der Waals surface area contributed by atoms with E-state index in [1.165, 1.54) is 45.6 Å². The van der Waals surface area contributed by atoms with Gasteiger partial charge in [0.2, 0.25) is 0 Å². The lowest BCUT2D eigenvalue weighted by atomic mass is 10.1. The first-order chi connectivity index (χ1) is 11.5. The van der Waals surface area contributed by atoms with E-state index in [1.54, 1.807) is 7.11 Å². The highest BCUT2D eigenvalue weighted by Gasteiger charge is 2.15. The van der Waals surface area contributed by atoms with Crippen molar-refractivity contribution in [2.45, 2.75) is 19.8 Å². The van der Waals surface area contributed by atoms with Crippen LogP contribution in [0.4, 0.5) is 11.4 Å². The standard InChI is InChI=1S/C18H31IN4O/c1-15-12-17(18(24-3)13-16(15)20)23(14-19)7-5-4-6-22-10-8-21(2)9-11-22/h12-13H,4-11,14,20H2,1-3H3. The first kappa shape index (κ1) is 19.6. The van der Waals surface area contributed by atoms with Crippen LogP contribution in [0.25, 0.3) is 0 Å². The Bertz CT molecular complexity index is 518. The van der Waals surface area contributed by atoms with E-state index >= 15 is 0 Å². The maximum absolute atomic E-state index is 6.01. The fraction of sp³-hybridized carbons (Fsp3) is 0.667. The number of unbranched alkanes of at least 4 members (excludes halogenated alkanes) is 1. The van der Waals surface area contributed by atoms with Crippen LogP contribution in [0.5, 0.6) is 5.75 Å². The molecule has 1 heterocycles. The van der Waals surface area contributed by atoms with Crippen LogP contribution in [0.3, 0.4) is 0 Å². The van der Waals surface area contributed by atoms with E-state index in [9.17, 15) is 0 Å². The predicted molar refractivity (Wildman–Crippen MR) is 112 cm³/mol. The zero-order valence-electron chi connectivity index (χ0n) is 15.2. The third kappa shape index (κ3) is 5.39. The van der Waals surface area contributed by atoms with Gasteiger partial charge in [0.05, 0.1) is 17.3 Å². The van der Waals surface area contributed by atoms with E-state index in [1.807, 2.05) is 6.07 Å². The first-order valence-corrected chi connectivity index (χ1v) is 10.2. The van der Waals surface area contributed by atoms with Crippen molar-refractivity contribution in [3.05, 3.63) is 17.7 Å². The van der Waals surface area contributed by atoms with Crippen molar-refractivity contribution in [3.63, 3.8) is 0 Å². The van der Waals surface area contributed by atoms with E-state index in [2.05, 4.69) is 57.3 Å². The average molecular weight is 446 g/mol. The molecule has 0 atom stereocenters. The summed E-state index contributed by atoms with van der Waals surface area (Å²) >= 11 is 2.43. The highest BCUT2D eigenvalue weighted by Crippen LogP contribution is 2.33. The molecule has 0 bridgehead atoms. The van der Waals surface area contributed by atoms with Gasteiger partial charge in [0.15, 0.2) is 0 Å². The Hall–Kier alpha value is -0.730. The van der Waals surface area contributed by atoms with E-state index in [4.69, 9.17) is 10.5 Å². The molecule has 0 saturated carbocycles. The number of anilines is 2. The number of likely N-dealkylation sites (N-methyl/N-ethyl adjacent to an activating group) is 1. The van der Waals surface area contributed by atoms with E-state index in [-0.39, 0.29) is 0 Å². The number of methoxy groups -OCH3 is 1. The van der Waals surface area contributed by atoms with Crippen LogP contribution in [0, 0.1) is 6.92 Å². The molecule has 1 aromatic rings. The minimum Gasteiger partial charge on any atom is -0.495 e. The van der Waals surface area contributed by atoms with Gasteiger partial charge < -0.3 is 25.2 Å². The van der Waals surface area contributed by atoms with Crippen LogP contribution in [-0.4, -0.2) is 67.8 Å². The second-order valence-electron chi connectivity index (χ2n) is 6.62. The summed E-state index contributed by atoms with van der Waals surface area (Å²) in [6.45, 7) is 9.12. The van der Waals surface area contributed by atoms with Gasteiger partial charge in [0, 0.05) is 44.5 Å². The summed E-state index contributed by atoms with van der Waals surface area (Å²) < 4.78 is 6.49. The largest absolute Gasteiger partial charge is 0.495 e. The molecule has 1 aromatic carbocycles. The summed E-state index contributed by atoms with van der Waals surface area (Å²) in [5, 5.41) is 0. The zero-order valence-corrected chi connectivity index (χ0v) is 17.4. The quantitative estimate of drug-likeness (QED) is 0.219. The normalized spacial score (nSPS) is 16.3. The Morgan fingerprint density at radius 3 is 2.54 bits per heavy atom. The molecule has 136 valence electrons. The molecule has 24 heavy (non-hydrogen) atoms. The second-order valence-corrected chi connectivity index (χ2v) is 7.30. The number of nitrogens with two attached hydrogens (primary N) is 1. The van der Waals surface area contributed by atoms with Gasteiger partial charge in [-0.15, -0.1) is 0 Å². The monoisotopic (exact) mass is 446 g/mol. The molecular formula is C18H31IN4O. The van der Waals surface area contributed by atoms with Gasteiger partial charge in [-0.05, 0) is 45.0 Å². The van der Waals surface area contributed by atoms with Gasteiger partial charge in [-0.2, -0.15) is 0 Å². The number of aryl methyl sites for hydroxylation is 1. The fourth-order valence-electron chi connectivity index (χ4n) is 3.05. The summed E-state index contributed by atoms with van der Waals surface area (Å²) in [4.78, 5) is 7.38. The molecule has 5 nitrogen and oxygen atoms in total. The van der Waals surface area contributed by atoms with Gasteiger partial charge >= 0.3 is 0 Å². The fourth-order valence-corrected chi connectivity index (χ4v) is 3.76. The van der Waals surface area contributed by atoms with Gasteiger partial charge in [0.25, 0.3) is 0 Å². The summed E-state index contributed by atoms with van der Waals surface area (Å²) in [6, 6.07) is 4.08. The summed E-state index contributed by atoms with van der Waals surface area (Å²) in [7, 11) is 3.92. The Morgan fingerprint density at radius 1 is 1.21 bits per heavy atom. The molecule has 0 aromatic heterocycles. The summed E-state index contributed by atoms with van der Waals surface area (Å²) in [6.07, 6.45) is 2.44. The topological polar surface area (TPSA) is 45.0 Å². The number of nitrogens with zero attached hydrogens (tertiary/aromatic N) is 3. The molecule has 2 N–H and O–H groups in total. The number of rotatable bonds is 8. The Morgan fingerprint density at radius 2 is 1.92 bits per heavy atom. The zero-order chi connectivity index (χ0) is 17.5. The number of hydrogen-bond donors (Lipinski definition) is 1. The molecule has 0 aliphatic carbocycles. The third-order valence-electron chi connectivity index (χ3n) is 4.80. The Kier molecular flexibility index (Phi) is 7.90. The van der Waals surface area contributed by atoms with Crippen LogP contribution in [0.2, 0.25) is 0 Å². The maximum atomic E-state index is 6.01. The lowest BCUT2D eigenvalue weighted by Crippen LogP contribution is -2.44. The molecule has 0 unspecified atom stereocenters.